The maximum absolute atomic E-state index is 13.1. The second kappa shape index (κ2) is 15.6. The van der Waals surface area contributed by atoms with Gasteiger partial charge in [0.1, 0.15) is 6.17 Å². The fraction of sp³-hybridized carbons (Fsp3) is 0.394. The van der Waals surface area contributed by atoms with Crippen LogP contribution >= 0.6 is 0 Å². The molecule has 0 saturated carbocycles. The number of nitrogens with one attached hydrogen (secondary N) is 2. The van der Waals surface area contributed by atoms with E-state index in [0.29, 0.717) is 34.8 Å². The molecule has 3 aromatic carbocycles. The van der Waals surface area contributed by atoms with Crippen molar-refractivity contribution in [2.24, 2.45) is 0 Å². The van der Waals surface area contributed by atoms with Crippen LogP contribution in [0.25, 0.3) is 0 Å². The Bertz CT molecular complexity index is 1130. The molecule has 0 aliphatic carbocycles. The van der Waals surface area contributed by atoms with Gasteiger partial charge in [-0.2, -0.15) is 0 Å². The molecule has 0 aliphatic rings. The predicted octanol–water partition coefficient (Wildman–Crippen LogP) is 7.30. The molecule has 0 heterocycles. The van der Waals surface area contributed by atoms with Gasteiger partial charge in [0.05, 0.1) is 13.7 Å². The Hall–Kier alpha value is -3.80. The van der Waals surface area contributed by atoms with Crippen molar-refractivity contribution in [2.45, 2.75) is 71.9 Å². The van der Waals surface area contributed by atoms with Crippen LogP contribution in [0.1, 0.15) is 95.4 Å². The van der Waals surface area contributed by atoms with E-state index in [0.717, 1.165) is 24.0 Å². The normalized spacial score (nSPS) is 10.8. The van der Waals surface area contributed by atoms with Crippen molar-refractivity contribution >= 4 is 11.8 Å². The number of carbonyl (C=O) groups excluding carboxylic acids is 2. The molecular formula is C33H42N2O4. The Balaban J connectivity index is 1.72. The van der Waals surface area contributed by atoms with Crippen molar-refractivity contribution in [1.29, 1.82) is 0 Å². The highest BCUT2D eigenvalue weighted by atomic mass is 16.5. The number of ether oxygens (including phenoxy) is 2. The summed E-state index contributed by atoms with van der Waals surface area (Å²) in [5, 5.41) is 5.93. The minimum atomic E-state index is -0.779. The summed E-state index contributed by atoms with van der Waals surface area (Å²) in [6, 6.07) is 20.1. The van der Waals surface area contributed by atoms with Crippen LogP contribution in [0.4, 0.5) is 0 Å². The smallest absolute Gasteiger partial charge is 0.253 e. The Morgan fingerprint density at radius 1 is 0.692 bits per heavy atom. The van der Waals surface area contributed by atoms with Gasteiger partial charge in [0.25, 0.3) is 11.8 Å². The van der Waals surface area contributed by atoms with Gasteiger partial charge in [0, 0.05) is 11.1 Å². The standard InChI is InChI=1S/C33H42N2O4/c1-5-6-7-8-9-10-11-22-39-29-21-20-28(23-30(29)38-4)31(34-32(36)26-16-12-24(2)13-17-26)35-33(37)27-18-14-25(3)15-19-27/h12-21,23,31H,5-11,22H2,1-4H3,(H,34,36)(H,35,37). The minimum Gasteiger partial charge on any atom is -0.493 e. The summed E-state index contributed by atoms with van der Waals surface area (Å²) < 4.78 is 11.6. The number of hydrogen-bond acceptors (Lipinski definition) is 4. The first-order valence-electron chi connectivity index (χ1n) is 14.0. The summed E-state index contributed by atoms with van der Waals surface area (Å²) in [6.45, 7) is 6.78. The van der Waals surface area contributed by atoms with Gasteiger partial charge >= 0.3 is 0 Å². The van der Waals surface area contributed by atoms with E-state index in [-0.39, 0.29) is 11.8 Å². The van der Waals surface area contributed by atoms with Crippen LogP contribution in [0.3, 0.4) is 0 Å². The first-order chi connectivity index (χ1) is 18.9. The molecule has 0 atom stereocenters. The molecule has 0 fully saturated rings. The Labute approximate surface area is 233 Å². The van der Waals surface area contributed by atoms with E-state index in [9.17, 15) is 9.59 Å². The average Bonchev–Trinajstić information content (AvgIpc) is 2.94. The van der Waals surface area contributed by atoms with Crippen LogP contribution in [0, 0.1) is 13.8 Å². The van der Waals surface area contributed by atoms with E-state index in [1.54, 1.807) is 37.4 Å². The number of hydrogen-bond donors (Lipinski definition) is 2. The number of benzene rings is 3. The molecule has 0 spiro atoms. The number of carbonyl (C=O) groups is 2. The molecule has 0 aliphatic heterocycles. The molecule has 6 nitrogen and oxygen atoms in total. The summed E-state index contributed by atoms with van der Waals surface area (Å²) in [6.07, 6.45) is 7.70. The zero-order valence-electron chi connectivity index (χ0n) is 23.7. The first kappa shape index (κ1) is 29.8. The Morgan fingerprint density at radius 3 is 1.72 bits per heavy atom. The number of amides is 2. The van der Waals surface area contributed by atoms with Gasteiger partial charge in [0.15, 0.2) is 11.5 Å². The fourth-order valence-corrected chi connectivity index (χ4v) is 4.27. The highest BCUT2D eigenvalue weighted by Crippen LogP contribution is 2.30. The van der Waals surface area contributed by atoms with E-state index < -0.39 is 6.17 Å². The van der Waals surface area contributed by atoms with Gasteiger partial charge in [0.2, 0.25) is 0 Å². The third-order valence-electron chi connectivity index (χ3n) is 6.70. The summed E-state index contributed by atoms with van der Waals surface area (Å²) in [7, 11) is 1.59. The van der Waals surface area contributed by atoms with Crippen molar-refractivity contribution in [1.82, 2.24) is 10.6 Å². The first-order valence-corrected chi connectivity index (χ1v) is 14.0. The van der Waals surface area contributed by atoms with Crippen LogP contribution in [-0.2, 0) is 0 Å². The van der Waals surface area contributed by atoms with E-state index in [1.165, 1.54) is 32.1 Å². The van der Waals surface area contributed by atoms with Gasteiger partial charge in [-0.25, -0.2) is 0 Å². The second-order valence-electron chi connectivity index (χ2n) is 9.99. The van der Waals surface area contributed by atoms with Gasteiger partial charge in [-0.15, -0.1) is 0 Å². The average molecular weight is 531 g/mol. The van der Waals surface area contributed by atoms with E-state index in [1.807, 2.05) is 50.2 Å². The molecule has 2 N–H and O–H groups in total. The maximum atomic E-state index is 13.1. The molecule has 0 unspecified atom stereocenters. The lowest BCUT2D eigenvalue weighted by molar-refractivity contribution is 0.0883. The molecule has 0 bridgehead atoms. The van der Waals surface area contributed by atoms with Gasteiger partial charge in [-0.3, -0.25) is 9.59 Å². The lowest BCUT2D eigenvalue weighted by Crippen LogP contribution is -2.41. The quantitative estimate of drug-likeness (QED) is 0.160. The number of methoxy groups -OCH3 is 1. The van der Waals surface area contributed by atoms with Gasteiger partial charge in [-0.1, -0.05) is 86.9 Å². The molecular weight excluding hydrogens is 488 g/mol. The summed E-state index contributed by atoms with van der Waals surface area (Å²) in [4.78, 5) is 26.2. The highest BCUT2D eigenvalue weighted by molar-refractivity contribution is 5.97. The third-order valence-corrected chi connectivity index (χ3v) is 6.70. The Morgan fingerprint density at radius 2 is 1.21 bits per heavy atom. The monoisotopic (exact) mass is 530 g/mol. The molecule has 0 aromatic heterocycles. The molecule has 3 rings (SSSR count). The number of unbranched alkanes of at least 4 members (excludes halogenated alkanes) is 6. The van der Waals surface area contributed by atoms with Crippen molar-refractivity contribution < 1.29 is 19.1 Å². The van der Waals surface area contributed by atoms with Crippen molar-refractivity contribution in [2.75, 3.05) is 13.7 Å². The molecule has 2 amide bonds. The molecule has 3 aromatic rings. The highest BCUT2D eigenvalue weighted by Gasteiger charge is 2.21. The van der Waals surface area contributed by atoms with Crippen molar-refractivity contribution in [3.63, 3.8) is 0 Å². The lowest BCUT2D eigenvalue weighted by Gasteiger charge is -2.22. The largest absolute Gasteiger partial charge is 0.493 e. The molecule has 39 heavy (non-hydrogen) atoms. The topological polar surface area (TPSA) is 76.7 Å². The zero-order chi connectivity index (χ0) is 28.0. The Kier molecular flexibility index (Phi) is 11.9. The summed E-state index contributed by atoms with van der Waals surface area (Å²) >= 11 is 0. The van der Waals surface area contributed by atoms with E-state index in [2.05, 4.69) is 17.6 Å². The SMILES string of the molecule is CCCCCCCCCOc1ccc(C(NC(=O)c2ccc(C)cc2)NC(=O)c2ccc(C)cc2)cc1OC. The second-order valence-corrected chi connectivity index (χ2v) is 9.99. The van der Waals surface area contributed by atoms with Crippen molar-refractivity contribution in [3.05, 3.63) is 94.5 Å². The fourth-order valence-electron chi connectivity index (χ4n) is 4.27. The summed E-state index contributed by atoms with van der Waals surface area (Å²) in [5.41, 5.74) is 3.82. The molecule has 0 radical (unpaired) electrons. The molecule has 208 valence electrons. The molecule has 0 saturated heterocycles. The van der Waals surface area contributed by atoms with E-state index in [4.69, 9.17) is 9.47 Å². The van der Waals surface area contributed by atoms with Crippen LogP contribution in [0.5, 0.6) is 11.5 Å². The summed E-state index contributed by atoms with van der Waals surface area (Å²) in [5.74, 6) is 0.611. The van der Waals surface area contributed by atoms with E-state index >= 15 is 0 Å². The lowest BCUT2D eigenvalue weighted by atomic mass is 10.1. The van der Waals surface area contributed by atoms with Crippen LogP contribution < -0.4 is 20.1 Å². The zero-order valence-corrected chi connectivity index (χ0v) is 23.7. The van der Waals surface area contributed by atoms with Crippen molar-refractivity contribution in [3.8, 4) is 11.5 Å². The predicted molar refractivity (Wildman–Crippen MR) is 157 cm³/mol. The maximum Gasteiger partial charge on any atom is 0.253 e. The van der Waals surface area contributed by atoms with Crippen LogP contribution in [0.15, 0.2) is 66.7 Å². The number of aryl methyl sites for hydroxylation is 2. The molecule has 6 heteroatoms. The number of rotatable bonds is 15. The van der Waals surface area contributed by atoms with Crippen LogP contribution in [-0.4, -0.2) is 25.5 Å². The van der Waals surface area contributed by atoms with Gasteiger partial charge < -0.3 is 20.1 Å². The third kappa shape index (κ3) is 9.47. The van der Waals surface area contributed by atoms with Crippen LogP contribution in [0.2, 0.25) is 0 Å². The minimum absolute atomic E-state index is 0.289. The van der Waals surface area contributed by atoms with Gasteiger partial charge in [-0.05, 0) is 62.2 Å².